The monoisotopic (exact) mass is 344 g/mol. The van der Waals surface area contributed by atoms with E-state index in [2.05, 4.69) is 16.4 Å². The van der Waals surface area contributed by atoms with Crippen LogP contribution in [0.25, 0.3) is 10.9 Å². The highest BCUT2D eigenvalue weighted by atomic mass is 16.6. The number of hydrogen-bond acceptors (Lipinski definition) is 3. The van der Waals surface area contributed by atoms with Gasteiger partial charge in [0.25, 0.3) is 0 Å². The Morgan fingerprint density at radius 3 is 2.60 bits per heavy atom. The van der Waals surface area contributed by atoms with Crippen molar-refractivity contribution < 1.29 is 9.53 Å². The van der Waals surface area contributed by atoms with Crippen molar-refractivity contribution in [3.63, 3.8) is 0 Å². The number of rotatable bonds is 7. The summed E-state index contributed by atoms with van der Waals surface area (Å²) in [5.41, 5.74) is 1.64. The molecule has 0 saturated carbocycles. The fourth-order valence-electron chi connectivity index (χ4n) is 2.77. The molecule has 0 saturated heterocycles. The number of nitrogens with one attached hydrogen (secondary N) is 2. The van der Waals surface area contributed by atoms with Crippen LogP contribution < -0.4 is 10.9 Å². The Morgan fingerprint density at radius 2 is 1.84 bits per heavy atom. The Hall–Kier alpha value is -2.30. The third-order valence-electron chi connectivity index (χ3n) is 3.90. The molecule has 1 aromatic heterocycles. The van der Waals surface area contributed by atoms with Gasteiger partial charge in [0.2, 0.25) is 5.56 Å². The molecule has 0 fully saturated rings. The zero-order chi connectivity index (χ0) is 18.3. The number of carbonyl (C=O) groups is 1. The van der Waals surface area contributed by atoms with Gasteiger partial charge in [-0.2, -0.15) is 0 Å². The van der Waals surface area contributed by atoms with Crippen LogP contribution in [0.4, 0.5) is 4.79 Å². The number of hydrogen-bond donors (Lipinski definition) is 2. The zero-order valence-corrected chi connectivity index (χ0v) is 15.4. The summed E-state index contributed by atoms with van der Waals surface area (Å²) in [6, 6.07) is 9.51. The Balaban J connectivity index is 1.67. The average molecular weight is 344 g/mol. The molecule has 0 aliphatic carbocycles. The molecule has 136 valence electrons. The molecule has 0 atom stereocenters. The number of H-pyrrole nitrogens is 1. The van der Waals surface area contributed by atoms with Crippen molar-refractivity contribution in [2.24, 2.45) is 0 Å². The van der Waals surface area contributed by atoms with E-state index in [1.54, 1.807) is 6.07 Å². The third kappa shape index (κ3) is 6.61. The Kier molecular flexibility index (Phi) is 6.62. The molecule has 5 heteroatoms. The van der Waals surface area contributed by atoms with Crippen LogP contribution in [0.3, 0.4) is 0 Å². The van der Waals surface area contributed by atoms with Crippen LogP contribution in [-0.4, -0.2) is 23.2 Å². The second kappa shape index (κ2) is 8.70. The van der Waals surface area contributed by atoms with Gasteiger partial charge in [-0.15, -0.1) is 0 Å². The quantitative estimate of drug-likeness (QED) is 0.741. The predicted molar refractivity (Wildman–Crippen MR) is 101 cm³/mol. The van der Waals surface area contributed by atoms with Gasteiger partial charge in [0.05, 0.1) is 0 Å². The summed E-state index contributed by atoms with van der Waals surface area (Å²) in [6.07, 6.45) is 4.85. The maximum absolute atomic E-state index is 11.5. The van der Waals surface area contributed by atoms with Gasteiger partial charge in [-0.3, -0.25) is 4.79 Å². The van der Waals surface area contributed by atoms with Gasteiger partial charge in [-0.25, -0.2) is 4.79 Å². The number of benzene rings is 1. The predicted octanol–water partition coefficient (Wildman–Crippen LogP) is 4.16. The highest BCUT2D eigenvalue weighted by molar-refractivity contribution is 5.81. The molecule has 2 aromatic rings. The maximum Gasteiger partial charge on any atom is 0.407 e. The second-order valence-electron chi connectivity index (χ2n) is 7.29. The number of aromatic amines is 1. The van der Waals surface area contributed by atoms with Gasteiger partial charge in [0, 0.05) is 23.5 Å². The van der Waals surface area contributed by atoms with Crippen LogP contribution in [0.2, 0.25) is 0 Å². The van der Waals surface area contributed by atoms with Crippen LogP contribution in [0.5, 0.6) is 0 Å². The number of amides is 1. The molecule has 0 unspecified atom stereocenters. The zero-order valence-electron chi connectivity index (χ0n) is 15.4. The van der Waals surface area contributed by atoms with E-state index in [1.807, 2.05) is 39.0 Å². The highest BCUT2D eigenvalue weighted by Gasteiger charge is 2.15. The van der Waals surface area contributed by atoms with E-state index in [1.165, 1.54) is 5.56 Å². The van der Waals surface area contributed by atoms with Crippen LogP contribution in [-0.2, 0) is 11.2 Å². The van der Waals surface area contributed by atoms with E-state index < -0.39 is 5.60 Å². The summed E-state index contributed by atoms with van der Waals surface area (Å²) >= 11 is 0. The van der Waals surface area contributed by atoms with Crippen molar-refractivity contribution in [3.05, 3.63) is 46.2 Å². The van der Waals surface area contributed by atoms with Gasteiger partial charge in [0.15, 0.2) is 0 Å². The molecule has 2 N–H and O–H groups in total. The summed E-state index contributed by atoms with van der Waals surface area (Å²) in [5.74, 6) is 0. The lowest BCUT2D eigenvalue weighted by Crippen LogP contribution is -2.32. The lowest BCUT2D eigenvalue weighted by Gasteiger charge is -2.19. The van der Waals surface area contributed by atoms with Crippen molar-refractivity contribution >= 4 is 17.0 Å². The van der Waals surface area contributed by atoms with Crippen molar-refractivity contribution in [1.29, 1.82) is 0 Å². The summed E-state index contributed by atoms with van der Waals surface area (Å²) in [4.78, 5) is 25.8. The molecule has 1 heterocycles. The van der Waals surface area contributed by atoms with Crippen molar-refractivity contribution in [2.45, 2.75) is 58.5 Å². The van der Waals surface area contributed by atoms with E-state index in [4.69, 9.17) is 4.74 Å². The fraction of sp³-hybridized carbons (Fsp3) is 0.500. The first kappa shape index (κ1) is 19.0. The van der Waals surface area contributed by atoms with Crippen molar-refractivity contribution in [1.82, 2.24) is 10.3 Å². The van der Waals surface area contributed by atoms with Gasteiger partial charge >= 0.3 is 6.09 Å². The number of aryl methyl sites for hydroxylation is 1. The van der Waals surface area contributed by atoms with Crippen LogP contribution >= 0.6 is 0 Å². The molecule has 5 nitrogen and oxygen atoms in total. The molecule has 0 aliphatic heterocycles. The Bertz CT molecular complexity index is 759. The molecule has 1 amide bonds. The molecule has 0 bridgehead atoms. The van der Waals surface area contributed by atoms with Crippen molar-refractivity contribution in [3.8, 4) is 0 Å². The summed E-state index contributed by atoms with van der Waals surface area (Å²) in [7, 11) is 0. The van der Waals surface area contributed by atoms with Gasteiger partial charge in [-0.1, -0.05) is 25.0 Å². The third-order valence-corrected chi connectivity index (χ3v) is 3.90. The number of ether oxygens (including phenoxy) is 1. The number of unbranched alkanes of at least 4 members (excludes halogenated alkanes) is 3. The SMILES string of the molecule is CC(C)(C)OC(=O)NCCCCCCc1cccc2[nH]c(=O)ccc12. The highest BCUT2D eigenvalue weighted by Crippen LogP contribution is 2.18. The smallest absolute Gasteiger partial charge is 0.407 e. The lowest BCUT2D eigenvalue weighted by molar-refractivity contribution is 0.0527. The minimum Gasteiger partial charge on any atom is -0.444 e. The number of carbonyl (C=O) groups excluding carboxylic acids is 1. The topological polar surface area (TPSA) is 71.2 Å². The summed E-state index contributed by atoms with van der Waals surface area (Å²) in [6.45, 7) is 6.21. The molecule has 0 radical (unpaired) electrons. The van der Waals surface area contributed by atoms with Gasteiger partial charge in [-0.05, 0) is 57.7 Å². The molecular formula is C20H28N2O3. The lowest BCUT2D eigenvalue weighted by atomic mass is 10.0. The van der Waals surface area contributed by atoms with Crippen LogP contribution in [0.1, 0.15) is 52.0 Å². The molecular weight excluding hydrogens is 316 g/mol. The Morgan fingerprint density at radius 1 is 1.08 bits per heavy atom. The first-order chi connectivity index (χ1) is 11.8. The second-order valence-corrected chi connectivity index (χ2v) is 7.29. The molecule has 25 heavy (non-hydrogen) atoms. The number of pyridine rings is 1. The average Bonchev–Trinajstić information content (AvgIpc) is 2.52. The van der Waals surface area contributed by atoms with Gasteiger partial charge < -0.3 is 15.0 Å². The standard InChI is InChI=1S/C20H28N2O3/c1-20(2,3)25-19(24)21-14-7-5-4-6-9-15-10-8-11-17-16(15)12-13-18(23)22-17/h8,10-13H,4-7,9,14H2,1-3H3,(H,21,24)(H,22,23). The van der Waals surface area contributed by atoms with E-state index in [0.717, 1.165) is 43.0 Å². The van der Waals surface area contributed by atoms with E-state index >= 15 is 0 Å². The van der Waals surface area contributed by atoms with Crippen LogP contribution in [0, 0.1) is 0 Å². The minimum atomic E-state index is -0.452. The first-order valence-corrected chi connectivity index (χ1v) is 8.93. The molecule has 0 aliphatic rings. The fourth-order valence-corrected chi connectivity index (χ4v) is 2.77. The van der Waals surface area contributed by atoms with Gasteiger partial charge in [0.1, 0.15) is 5.60 Å². The number of fused-ring (bicyclic) bond motifs is 1. The normalized spacial score (nSPS) is 11.5. The molecule has 2 rings (SSSR count). The Labute approximate surface area is 148 Å². The van der Waals surface area contributed by atoms with E-state index in [0.29, 0.717) is 6.54 Å². The maximum atomic E-state index is 11.5. The summed E-state index contributed by atoms with van der Waals surface area (Å²) in [5, 5.41) is 3.90. The van der Waals surface area contributed by atoms with Crippen LogP contribution in [0.15, 0.2) is 35.1 Å². The minimum absolute atomic E-state index is 0.0675. The molecule has 1 aromatic carbocycles. The van der Waals surface area contributed by atoms with E-state index in [9.17, 15) is 9.59 Å². The number of aromatic nitrogens is 1. The first-order valence-electron chi connectivity index (χ1n) is 8.93. The summed E-state index contributed by atoms with van der Waals surface area (Å²) < 4.78 is 5.20. The number of alkyl carbamates (subject to hydrolysis) is 1. The molecule has 0 spiro atoms. The van der Waals surface area contributed by atoms with Crippen molar-refractivity contribution in [2.75, 3.05) is 6.54 Å². The largest absolute Gasteiger partial charge is 0.444 e. The van der Waals surface area contributed by atoms with E-state index in [-0.39, 0.29) is 11.7 Å².